The Morgan fingerprint density at radius 1 is 1.16 bits per heavy atom. The van der Waals surface area contributed by atoms with Gasteiger partial charge in [-0.3, -0.25) is 9.48 Å². The standard InChI is InChI=1S/C21H25F3N4O3/c1-12-11-27-13(14-10-25-16(28(12)14)18(2,31)21(22,23)24)9-15(26-27)19-3-6-20(7-4-19,8-5-19)17(29)30/h9-10,12,31H,3-8,11H2,1-2H3,(H,29,30)/t12-,18+,19?,20?/m0/s1. The smallest absolute Gasteiger partial charge is 0.424 e. The SMILES string of the molecule is C[C@H]1Cn2nc(C34CCC(C(=O)O)(CC3)CC4)cc2-c2cnc([C@@](C)(O)C(F)(F)F)n21. The third-order valence-electron chi connectivity index (χ3n) is 7.95. The molecule has 0 amide bonds. The minimum Gasteiger partial charge on any atom is -0.481 e. The lowest BCUT2D eigenvalue weighted by atomic mass is 9.53. The Morgan fingerprint density at radius 3 is 2.32 bits per heavy atom. The lowest BCUT2D eigenvalue weighted by Crippen LogP contribution is -2.48. The predicted molar refractivity (Wildman–Crippen MR) is 103 cm³/mol. The largest absolute Gasteiger partial charge is 0.481 e. The van der Waals surface area contributed by atoms with Gasteiger partial charge in [-0.1, -0.05) is 0 Å². The highest BCUT2D eigenvalue weighted by atomic mass is 19.4. The highest BCUT2D eigenvalue weighted by molar-refractivity contribution is 5.75. The quantitative estimate of drug-likeness (QED) is 0.761. The van der Waals surface area contributed by atoms with E-state index in [9.17, 15) is 28.2 Å². The molecule has 3 fully saturated rings. The summed E-state index contributed by atoms with van der Waals surface area (Å²) in [6.07, 6.45) is 0.636. The number of nitrogens with zero attached hydrogens (tertiary/aromatic N) is 4. The number of fused-ring (bicyclic) bond motifs is 6. The topological polar surface area (TPSA) is 93.2 Å². The molecule has 2 bridgehead atoms. The molecular weight excluding hydrogens is 413 g/mol. The summed E-state index contributed by atoms with van der Waals surface area (Å²) in [4.78, 5) is 15.7. The summed E-state index contributed by atoms with van der Waals surface area (Å²) in [5.74, 6) is -1.14. The Morgan fingerprint density at radius 2 is 1.77 bits per heavy atom. The van der Waals surface area contributed by atoms with E-state index in [1.807, 2.05) is 10.7 Å². The van der Waals surface area contributed by atoms with Gasteiger partial charge in [-0.2, -0.15) is 18.3 Å². The number of aromatic nitrogens is 4. The molecule has 2 atom stereocenters. The predicted octanol–water partition coefficient (Wildman–Crippen LogP) is 3.77. The number of aliphatic hydroxyl groups is 1. The number of alkyl halides is 3. The molecule has 1 aliphatic heterocycles. The van der Waals surface area contributed by atoms with Crippen molar-refractivity contribution < 1.29 is 28.2 Å². The summed E-state index contributed by atoms with van der Waals surface area (Å²) in [6.45, 7) is 2.88. The van der Waals surface area contributed by atoms with Gasteiger partial charge in [0.15, 0.2) is 5.82 Å². The Balaban J connectivity index is 1.54. The molecule has 2 aromatic rings. The number of halogens is 3. The van der Waals surface area contributed by atoms with Gasteiger partial charge in [0, 0.05) is 5.41 Å². The zero-order chi connectivity index (χ0) is 22.4. The first-order valence-corrected chi connectivity index (χ1v) is 10.6. The molecule has 31 heavy (non-hydrogen) atoms. The molecule has 3 heterocycles. The summed E-state index contributed by atoms with van der Waals surface area (Å²) in [7, 11) is 0. The first kappa shape index (κ1) is 20.5. The van der Waals surface area contributed by atoms with Crippen LogP contribution < -0.4 is 0 Å². The van der Waals surface area contributed by atoms with E-state index in [0.29, 0.717) is 37.2 Å². The first-order valence-electron chi connectivity index (χ1n) is 10.6. The third kappa shape index (κ3) is 2.66. The van der Waals surface area contributed by atoms with E-state index in [2.05, 4.69) is 4.98 Å². The number of hydrogen-bond acceptors (Lipinski definition) is 4. The van der Waals surface area contributed by atoms with Crippen molar-refractivity contribution in [1.29, 1.82) is 0 Å². The fraction of sp³-hybridized carbons (Fsp3) is 0.667. The van der Waals surface area contributed by atoms with Gasteiger partial charge in [0.25, 0.3) is 0 Å². The van der Waals surface area contributed by atoms with Gasteiger partial charge in [-0.05, 0) is 58.4 Å². The molecule has 0 aromatic carbocycles. The molecule has 6 rings (SSSR count). The van der Waals surface area contributed by atoms with Crippen LogP contribution in [-0.4, -0.2) is 41.7 Å². The summed E-state index contributed by atoms with van der Waals surface area (Å²) in [6, 6.07) is 1.56. The van der Waals surface area contributed by atoms with Gasteiger partial charge in [-0.25, -0.2) is 4.98 Å². The number of imidazole rings is 1. The number of carbonyl (C=O) groups is 1. The first-order chi connectivity index (χ1) is 14.4. The number of rotatable bonds is 3. The fourth-order valence-corrected chi connectivity index (χ4v) is 5.73. The molecule has 4 aliphatic rings. The Bertz CT molecular complexity index is 1040. The summed E-state index contributed by atoms with van der Waals surface area (Å²) in [5, 5.41) is 24.7. The van der Waals surface area contributed by atoms with Crippen LogP contribution in [-0.2, 0) is 22.4 Å². The van der Waals surface area contributed by atoms with Crippen molar-refractivity contribution in [2.45, 2.75) is 82.2 Å². The van der Waals surface area contributed by atoms with Crippen LogP contribution in [0.3, 0.4) is 0 Å². The maximum Gasteiger partial charge on any atom is 0.424 e. The minimum atomic E-state index is -4.85. The maximum absolute atomic E-state index is 13.5. The fourth-order valence-electron chi connectivity index (χ4n) is 5.73. The molecule has 2 aromatic heterocycles. The van der Waals surface area contributed by atoms with E-state index < -0.39 is 29.0 Å². The molecule has 10 heteroatoms. The van der Waals surface area contributed by atoms with E-state index in [0.717, 1.165) is 31.9 Å². The Hall–Kier alpha value is -2.36. The number of carboxylic acid groups (broad SMARTS) is 1. The van der Waals surface area contributed by atoms with Crippen molar-refractivity contribution in [2.24, 2.45) is 5.41 Å². The number of hydrogen-bond donors (Lipinski definition) is 2. The van der Waals surface area contributed by atoms with Gasteiger partial charge in [0.05, 0.1) is 41.3 Å². The van der Waals surface area contributed by atoms with Crippen LogP contribution in [0.5, 0.6) is 0 Å². The molecular formula is C21H25F3N4O3. The van der Waals surface area contributed by atoms with Crippen LogP contribution in [0.25, 0.3) is 11.4 Å². The molecule has 7 nitrogen and oxygen atoms in total. The van der Waals surface area contributed by atoms with Crippen LogP contribution in [0, 0.1) is 5.41 Å². The van der Waals surface area contributed by atoms with Crippen molar-refractivity contribution in [3.8, 4) is 11.4 Å². The molecule has 168 valence electrons. The van der Waals surface area contributed by atoms with Crippen LogP contribution in [0.2, 0.25) is 0 Å². The van der Waals surface area contributed by atoms with E-state index in [1.165, 1.54) is 10.8 Å². The average Bonchev–Trinajstić information content (AvgIpc) is 3.33. The summed E-state index contributed by atoms with van der Waals surface area (Å²) < 4.78 is 43.7. The molecule has 3 saturated carbocycles. The lowest BCUT2D eigenvalue weighted by Gasteiger charge is -2.50. The molecule has 0 unspecified atom stereocenters. The second-order valence-electron chi connectivity index (χ2n) is 9.72. The molecule has 2 N–H and O–H groups in total. The van der Waals surface area contributed by atoms with Crippen LogP contribution >= 0.6 is 0 Å². The second-order valence-corrected chi connectivity index (χ2v) is 9.72. The van der Waals surface area contributed by atoms with Crippen molar-refractivity contribution in [1.82, 2.24) is 19.3 Å². The molecule has 0 saturated heterocycles. The van der Waals surface area contributed by atoms with E-state index in [1.54, 1.807) is 6.92 Å². The van der Waals surface area contributed by atoms with Gasteiger partial charge in [0.2, 0.25) is 5.60 Å². The zero-order valence-electron chi connectivity index (χ0n) is 17.4. The van der Waals surface area contributed by atoms with Crippen molar-refractivity contribution >= 4 is 5.97 Å². The maximum atomic E-state index is 13.5. The normalized spacial score (nSPS) is 31.7. The van der Waals surface area contributed by atoms with Crippen LogP contribution in [0.4, 0.5) is 13.2 Å². The number of carboxylic acids is 1. The van der Waals surface area contributed by atoms with Gasteiger partial charge >= 0.3 is 12.1 Å². The van der Waals surface area contributed by atoms with Gasteiger partial charge < -0.3 is 14.8 Å². The summed E-state index contributed by atoms with van der Waals surface area (Å²) >= 11 is 0. The molecule has 0 radical (unpaired) electrons. The molecule has 0 spiro atoms. The van der Waals surface area contributed by atoms with Gasteiger partial charge in [-0.15, -0.1) is 0 Å². The van der Waals surface area contributed by atoms with E-state index >= 15 is 0 Å². The summed E-state index contributed by atoms with van der Waals surface area (Å²) in [5.41, 5.74) is -1.80. The Labute approximate surface area is 176 Å². The van der Waals surface area contributed by atoms with Crippen LogP contribution in [0.1, 0.15) is 69.9 Å². The second kappa shape index (κ2) is 6.11. The van der Waals surface area contributed by atoms with Crippen molar-refractivity contribution in [3.05, 3.63) is 23.8 Å². The zero-order valence-corrected chi connectivity index (χ0v) is 17.4. The monoisotopic (exact) mass is 438 g/mol. The molecule has 3 aliphatic carbocycles. The van der Waals surface area contributed by atoms with Crippen LogP contribution in [0.15, 0.2) is 12.3 Å². The highest BCUT2D eigenvalue weighted by Gasteiger charge is 2.56. The van der Waals surface area contributed by atoms with Crippen molar-refractivity contribution in [2.75, 3.05) is 0 Å². The van der Waals surface area contributed by atoms with Crippen molar-refractivity contribution in [3.63, 3.8) is 0 Å². The third-order valence-corrected chi connectivity index (χ3v) is 7.95. The highest BCUT2D eigenvalue weighted by Crippen LogP contribution is 2.58. The van der Waals surface area contributed by atoms with E-state index in [-0.39, 0.29) is 11.5 Å². The lowest BCUT2D eigenvalue weighted by molar-refractivity contribution is -0.262. The van der Waals surface area contributed by atoms with Gasteiger partial charge in [0.1, 0.15) is 0 Å². The number of aliphatic carboxylic acids is 1. The minimum absolute atomic E-state index is 0.185. The average molecular weight is 438 g/mol. The van der Waals surface area contributed by atoms with E-state index in [4.69, 9.17) is 5.10 Å². The Kier molecular flexibility index (Phi) is 4.05.